The molecule has 4 heteroatoms. The Balaban J connectivity index is 0.00000162. The lowest BCUT2D eigenvalue weighted by atomic mass is 10.2. The van der Waals surface area contributed by atoms with Crippen LogP contribution in [-0.2, 0) is 6.42 Å². The first-order valence-electron chi connectivity index (χ1n) is 5.47. The van der Waals surface area contributed by atoms with Crippen molar-refractivity contribution in [3.63, 3.8) is 0 Å². The van der Waals surface area contributed by atoms with Crippen LogP contribution in [0.3, 0.4) is 0 Å². The minimum absolute atomic E-state index is 0. The maximum Gasteiger partial charge on any atom is 0.138 e. The Morgan fingerprint density at radius 1 is 1.06 bits per heavy atom. The van der Waals surface area contributed by atoms with Crippen molar-refractivity contribution in [1.82, 2.24) is 0 Å². The molecule has 0 heterocycles. The van der Waals surface area contributed by atoms with Crippen LogP contribution in [0.25, 0.3) is 0 Å². The molecule has 96 valence electrons. The van der Waals surface area contributed by atoms with E-state index in [2.05, 4.69) is 12.1 Å². The molecule has 2 nitrogen and oxygen atoms in total. The third-order valence-corrected chi connectivity index (χ3v) is 2.74. The molecule has 0 unspecified atom stereocenters. The largest absolute Gasteiger partial charge is 0.492 e. The molecular weight excluding hydrogens is 269 g/mol. The Labute approximate surface area is 118 Å². The molecule has 0 aromatic heterocycles. The molecule has 0 aliphatic carbocycles. The van der Waals surface area contributed by atoms with Gasteiger partial charge in [-0.05, 0) is 23.8 Å². The van der Waals surface area contributed by atoms with Gasteiger partial charge in [-0.15, -0.1) is 12.4 Å². The predicted molar refractivity (Wildman–Crippen MR) is 78.8 cm³/mol. The lowest BCUT2D eigenvalue weighted by Gasteiger charge is -2.08. The third kappa shape index (κ3) is 4.13. The highest BCUT2D eigenvalue weighted by Crippen LogP contribution is 2.26. The lowest BCUT2D eigenvalue weighted by molar-refractivity contribution is 0.322. The fourth-order valence-corrected chi connectivity index (χ4v) is 1.80. The van der Waals surface area contributed by atoms with E-state index in [0.29, 0.717) is 23.1 Å². The number of nitrogens with two attached hydrogens (primary N) is 1. The standard InChI is InChI=1S/C14H14ClNO.ClH/c15-13-10-12(16)6-7-14(13)17-9-8-11-4-2-1-3-5-11;/h1-7,10H,8-9,16H2;1H. The number of halogens is 2. The van der Waals surface area contributed by atoms with Gasteiger partial charge in [0.15, 0.2) is 0 Å². The van der Waals surface area contributed by atoms with Gasteiger partial charge in [-0.1, -0.05) is 41.9 Å². The van der Waals surface area contributed by atoms with Gasteiger partial charge >= 0.3 is 0 Å². The summed E-state index contributed by atoms with van der Waals surface area (Å²) in [4.78, 5) is 0. The van der Waals surface area contributed by atoms with Crippen molar-refractivity contribution in [2.45, 2.75) is 6.42 Å². The zero-order chi connectivity index (χ0) is 12.1. The molecular formula is C14H15Cl2NO. The van der Waals surface area contributed by atoms with Gasteiger partial charge in [-0.25, -0.2) is 0 Å². The van der Waals surface area contributed by atoms with E-state index in [1.54, 1.807) is 18.2 Å². The number of hydrogen-bond acceptors (Lipinski definition) is 2. The van der Waals surface area contributed by atoms with E-state index in [4.69, 9.17) is 22.1 Å². The zero-order valence-electron chi connectivity index (χ0n) is 9.80. The van der Waals surface area contributed by atoms with E-state index in [1.807, 2.05) is 18.2 Å². The van der Waals surface area contributed by atoms with Crippen LogP contribution in [0.4, 0.5) is 5.69 Å². The van der Waals surface area contributed by atoms with Crippen LogP contribution in [0.5, 0.6) is 5.75 Å². The van der Waals surface area contributed by atoms with Gasteiger partial charge in [-0.2, -0.15) is 0 Å². The maximum absolute atomic E-state index is 6.01. The minimum atomic E-state index is 0. The van der Waals surface area contributed by atoms with Crippen molar-refractivity contribution < 1.29 is 4.74 Å². The molecule has 0 atom stereocenters. The van der Waals surface area contributed by atoms with E-state index in [9.17, 15) is 0 Å². The highest BCUT2D eigenvalue weighted by molar-refractivity contribution is 6.32. The van der Waals surface area contributed by atoms with Crippen molar-refractivity contribution in [3.05, 3.63) is 59.1 Å². The number of nitrogen functional groups attached to an aromatic ring is 1. The van der Waals surface area contributed by atoms with Crippen LogP contribution in [-0.4, -0.2) is 6.61 Å². The number of hydrogen-bond donors (Lipinski definition) is 1. The first kappa shape index (κ1) is 14.7. The van der Waals surface area contributed by atoms with E-state index in [0.717, 1.165) is 6.42 Å². The predicted octanol–water partition coefficient (Wildman–Crippen LogP) is 3.97. The van der Waals surface area contributed by atoms with Gasteiger partial charge in [-0.3, -0.25) is 0 Å². The van der Waals surface area contributed by atoms with Gasteiger partial charge < -0.3 is 10.5 Å². The van der Waals surface area contributed by atoms with E-state index >= 15 is 0 Å². The summed E-state index contributed by atoms with van der Waals surface area (Å²) in [5, 5.41) is 0.554. The number of benzene rings is 2. The Bertz CT molecular complexity index is 488. The fraction of sp³-hybridized carbons (Fsp3) is 0.143. The van der Waals surface area contributed by atoms with Gasteiger partial charge in [0, 0.05) is 12.1 Å². The third-order valence-electron chi connectivity index (χ3n) is 2.45. The van der Waals surface area contributed by atoms with Gasteiger partial charge in [0.05, 0.1) is 11.6 Å². The normalized spacial score (nSPS) is 9.61. The zero-order valence-corrected chi connectivity index (χ0v) is 11.4. The average molecular weight is 284 g/mol. The monoisotopic (exact) mass is 283 g/mol. The van der Waals surface area contributed by atoms with Crippen LogP contribution in [0.1, 0.15) is 5.56 Å². The molecule has 0 fully saturated rings. The molecule has 0 saturated heterocycles. The van der Waals surface area contributed by atoms with Crippen LogP contribution in [0.2, 0.25) is 5.02 Å². The van der Waals surface area contributed by atoms with Crippen LogP contribution in [0, 0.1) is 0 Å². The maximum atomic E-state index is 6.01. The first-order valence-corrected chi connectivity index (χ1v) is 5.85. The second-order valence-electron chi connectivity index (χ2n) is 3.77. The summed E-state index contributed by atoms with van der Waals surface area (Å²) in [6.07, 6.45) is 0.863. The summed E-state index contributed by atoms with van der Waals surface area (Å²) in [6.45, 7) is 0.605. The smallest absolute Gasteiger partial charge is 0.138 e. The lowest BCUT2D eigenvalue weighted by Crippen LogP contribution is -2.01. The molecule has 2 rings (SSSR count). The van der Waals surface area contributed by atoms with Gasteiger partial charge in [0.1, 0.15) is 5.75 Å². The topological polar surface area (TPSA) is 35.2 Å². The molecule has 0 aliphatic rings. The Kier molecular flexibility index (Phi) is 5.83. The molecule has 0 saturated carbocycles. The Morgan fingerprint density at radius 2 is 1.78 bits per heavy atom. The Hall–Kier alpha value is -1.38. The number of anilines is 1. The van der Waals surface area contributed by atoms with Gasteiger partial charge in [0.25, 0.3) is 0 Å². The molecule has 0 aliphatic heterocycles. The molecule has 0 amide bonds. The second-order valence-corrected chi connectivity index (χ2v) is 4.18. The quantitative estimate of drug-likeness (QED) is 0.862. The van der Waals surface area contributed by atoms with Crippen molar-refractivity contribution in [2.75, 3.05) is 12.3 Å². The van der Waals surface area contributed by atoms with E-state index < -0.39 is 0 Å². The Morgan fingerprint density at radius 3 is 2.44 bits per heavy atom. The number of ether oxygens (including phenoxy) is 1. The summed E-state index contributed by atoms with van der Waals surface area (Å²) < 4.78 is 5.61. The summed E-state index contributed by atoms with van der Waals surface area (Å²) in [5.74, 6) is 0.678. The molecule has 2 aromatic carbocycles. The van der Waals surface area contributed by atoms with E-state index in [1.165, 1.54) is 5.56 Å². The summed E-state index contributed by atoms with van der Waals surface area (Å²) in [6, 6.07) is 15.5. The fourth-order valence-electron chi connectivity index (χ4n) is 1.56. The number of rotatable bonds is 4. The highest BCUT2D eigenvalue weighted by Gasteiger charge is 2.01. The van der Waals surface area contributed by atoms with Crippen molar-refractivity contribution in [2.24, 2.45) is 0 Å². The van der Waals surface area contributed by atoms with Crippen molar-refractivity contribution >= 4 is 29.7 Å². The molecule has 2 N–H and O–H groups in total. The second kappa shape index (κ2) is 7.14. The molecule has 2 aromatic rings. The molecule has 0 bridgehead atoms. The van der Waals surface area contributed by atoms with Crippen LogP contribution >= 0.6 is 24.0 Å². The molecule has 0 radical (unpaired) electrons. The summed E-state index contributed by atoms with van der Waals surface area (Å²) >= 11 is 6.01. The summed E-state index contributed by atoms with van der Waals surface area (Å²) in [7, 11) is 0. The van der Waals surface area contributed by atoms with Crippen molar-refractivity contribution in [3.8, 4) is 5.75 Å². The first-order chi connectivity index (χ1) is 8.25. The van der Waals surface area contributed by atoms with E-state index in [-0.39, 0.29) is 12.4 Å². The highest BCUT2D eigenvalue weighted by atomic mass is 35.5. The van der Waals surface area contributed by atoms with Gasteiger partial charge in [0.2, 0.25) is 0 Å². The molecule has 18 heavy (non-hydrogen) atoms. The minimum Gasteiger partial charge on any atom is -0.492 e. The molecule has 0 spiro atoms. The summed E-state index contributed by atoms with van der Waals surface area (Å²) in [5.41, 5.74) is 7.50. The SMILES string of the molecule is Cl.Nc1ccc(OCCc2ccccc2)c(Cl)c1. The van der Waals surface area contributed by atoms with Crippen molar-refractivity contribution in [1.29, 1.82) is 0 Å². The van der Waals surface area contributed by atoms with Crippen LogP contribution < -0.4 is 10.5 Å². The average Bonchev–Trinajstić information content (AvgIpc) is 2.33. The van der Waals surface area contributed by atoms with Crippen LogP contribution in [0.15, 0.2) is 48.5 Å².